The van der Waals surface area contributed by atoms with E-state index in [0.717, 1.165) is 6.42 Å². The van der Waals surface area contributed by atoms with E-state index >= 15 is 0 Å². The second-order valence-electron chi connectivity index (χ2n) is 12.4. The van der Waals surface area contributed by atoms with Gasteiger partial charge in [0.15, 0.2) is 0 Å². The van der Waals surface area contributed by atoms with E-state index in [0.29, 0.717) is 0 Å². The first-order chi connectivity index (χ1) is 11.2. The zero-order chi connectivity index (χ0) is 21.0. The Balaban J connectivity index is 0.00000364. The van der Waals surface area contributed by atoms with Gasteiger partial charge in [0.1, 0.15) is 5.60 Å². The Morgan fingerprint density at radius 2 is 1.04 bits per heavy atom. The lowest BCUT2D eigenvalue weighted by Gasteiger charge is -2.66. The molecule has 0 aromatic heterocycles. The van der Waals surface area contributed by atoms with Gasteiger partial charge in [0.05, 0.1) is 5.41 Å². The normalized spacial score (nSPS) is 38.9. The van der Waals surface area contributed by atoms with Crippen LogP contribution in [0.4, 0.5) is 0 Å². The molecule has 0 aliphatic heterocycles. The van der Waals surface area contributed by atoms with Crippen LogP contribution in [0.25, 0.3) is 0 Å². The molecule has 0 heterocycles. The predicted molar refractivity (Wildman–Crippen MR) is 123 cm³/mol. The number of hydrogen-bond acceptors (Lipinski definition) is 2. The van der Waals surface area contributed by atoms with Gasteiger partial charge in [-0.25, -0.2) is 0 Å². The molecule has 2 rings (SSSR count). The molecule has 0 saturated heterocycles. The Labute approximate surface area is 177 Å². The molecule has 2 heteroatoms. The van der Waals surface area contributed by atoms with Crippen LogP contribution in [-0.4, -0.2) is 11.6 Å². The SMILES string of the molecule is C.C.CCC(C)(C)C(=O)OC1(C)C(C)(C)C2(C)C(C)(C)C(C)(C)C1(C)C2(C)C. The third-order valence-electron chi connectivity index (χ3n) is 11.7. The first-order valence-electron chi connectivity index (χ1n) is 10.4. The maximum atomic E-state index is 13.2. The molecule has 2 aliphatic carbocycles. The third kappa shape index (κ3) is 2.09. The van der Waals surface area contributed by atoms with Gasteiger partial charge in [0, 0.05) is 10.8 Å². The molecule has 2 saturated carbocycles. The summed E-state index contributed by atoms with van der Waals surface area (Å²) in [7, 11) is 0. The molecule has 0 aromatic rings. The molecule has 2 fully saturated rings. The van der Waals surface area contributed by atoms with Gasteiger partial charge < -0.3 is 4.74 Å². The molecule has 0 amide bonds. The molecule has 0 spiro atoms. The monoisotopic (exact) mass is 396 g/mol. The minimum atomic E-state index is -0.541. The molecular formula is C26H52O2. The highest BCUT2D eigenvalue weighted by molar-refractivity contribution is 5.76. The summed E-state index contributed by atoms with van der Waals surface area (Å²) in [6.07, 6.45) is 0.786. The summed E-state index contributed by atoms with van der Waals surface area (Å²) in [5.41, 5.74) is -1.17. The van der Waals surface area contributed by atoms with E-state index in [9.17, 15) is 4.79 Å². The van der Waals surface area contributed by atoms with E-state index in [1.165, 1.54) is 0 Å². The fraction of sp³-hybridized carbons (Fsp3) is 0.962. The third-order valence-corrected chi connectivity index (χ3v) is 11.7. The smallest absolute Gasteiger partial charge is 0.312 e. The van der Waals surface area contributed by atoms with Crippen LogP contribution >= 0.6 is 0 Å². The second-order valence-corrected chi connectivity index (χ2v) is 12.4. The molecule has 0 N–H and O–H groups in total. The largest absolute Gasteiger partial charge is 0.458 e. The molecule has 28 heavy (non-hydrogen) atoms. The summed E-state index contributed by atoms with van der Waals surface area (Å²) < 4.78 is 6.60. The molecular weight excluding hydrogens is 344 g/mol. The first kappa shape index (κ1) is 27.5. The van der Waals surface area contributed by atoms with Gasteiger partial charge in [-0.05, 0) is 48.9 Å². The van der Waals surface area contributed by atoms with Crippen molar-refractivity contribution in [1.29, 1.82) is 0 Å². The predicted octanol–water partition coefficient (Wildman–Crippen LogP) is 8.14. The van der Waals surface area contributed by atoms with Gasteiger partial charge in [-0.2, -0.15) is 0 Å². The maximum absolute atomic E-state index is 13.2. The van der Waals surface area contributed by atoms with Crippen molar-refractivity contribution in [2.45, 2.75) is 124 Å². The zero-order valence-corrected chi connectivity index (χ0v) is 20.0. The van der Waals surface area contributed by atoms with Crippen molar-refractivity contribution in [3.05, 3.63) is 0 Å². The lowest BCUT2D eigenvalue weighted by Crippen LogP contribution is -2.68. The van der Waals surface area contributed by atoms with E-state index in [2.05, 4.69) is 83.1 Å². The second kappa shape index (κ2) is 6.24. The number of esters is 1. The molecule has 0 aromatic carbocycles. The standard InChI is InChI=1S/C24H44O2.2CH4/c1-15-17(2,3)16(25)26-24(14)21(10,11)22(12)18(4,5)19(6,7)23(24,13)20(22,8)9;;/h15H2,1-14H3;2*1H4. The average molecular weight is 397 g/mol. The maximum Gasteiger partial charge on any atom is 0.312 e. The van der Waals surface area contributed by atoms with E-state index < -0.39 is 11.0 Å². The Hall–Kier alpha value is -0.530. The van der Waals surface area contributed by atoms with Crippen LogP contribution in [0.3, 0.4) is 0 Å². The lowest BCUT2D eigenvalue weighted by molar-refractivity contribution is -0.259. The number of hydrogen-bond donors (Lipinski definition) is 0. The van der Waals surface area contributed by atoms with Crippen LogP contribution in [0.1, 0.15) is 118 Å². The minimum absolute atomic E-state index is 0. The summed E-state index contributed by atoms with van der Waals surface area (Å²) in [5, 5.41) is 0. The van der Waals surface area contributed by atoms with Crippen molar-refractivity contribution in [1.82, 2.24) is 0 Å². The quantitative estimate of drug-likeness (QED) is 0.450. The molecule has 2 bridgehead atoms. The number of carbonyl (C=O) groups is 1. The topological polar surface area (TPSA) is 26.3 Å². The molecule has 3 unspecified atom stereocenters. The van der Waals surface area contributed by atoms with Gasteiger partial charge in [-0.15, -0.1) is 0 Å². The number of ether oxygens (including phenoxy) is 1. The fourth-order valence-electron chi connectivity index (χ4n) is 7.87. The molecule has 3 atom stereocenters. The molecule has 2 nitrogen and oxygen atoms in total. The summed E-state index contributed by atoms with van der Waals surface area (Å²) in [6.45, 7) is 32.3. The zero-order valence-electron chi connectivity index (χ0n) is 20.0. The Morgan fingerprint density at radius 1 is 0.679 bits per heavy atom. The lowest BCUT2D eigenvalue weighted by atomic mass is 9.40. The molecule has 2 aliphatic rings. The van der Waals surface area contributed by atoms with Crippen LogP contribution in [0.2, 0.25) is 0 Å². The van der Waals surface area contributed by atoms with Crippen molar-refractivity contribution >= 4 is 5.97 Å². The molecule has 168 valence electrons. The van der Waals surface area contributed by atoms with Crippen LogP contribution < -0.4 is 0 Å². The van der Waals surface area contributed by atoms with E-state index in [4.69, 9.17) is 4.74 Å². The fourth-order valence-corrected chi connectivity index (χ4v) is 7.87. The highest BCUT2D eigenvalue weighted by atomic mass is 16.6. The Morgan fingerprint density at radius 3 is 1.36 bits per heavy atom. The highest BCUT2D eigenvalue weighted by Crippen LogP contribution is 2.92. The van der Waals surface area contributed by atoms with Crippen molar-refractivity contribution in [3.8, 4) is 0 Å². The number of carbonyl (C=O) groups excluding carboxylic acids is 1. The van der Waals surface area contributed by atoms with Crippen LogP contribution in [-0.2, 0) is 9.53 Å². The first-order valence-corrected chi connectivity index (χ1v) is 10.4. The average Bonchev–Trinajstić information content (AvgIpc) is 2.60. The summed E-state index contributed by atoms with van der Waals surface area (Å²) in [6, 6.07) is 0. The highest BCUT2D eigenvalue weighted by Gasteiger charge is 2.91. The minimum Gasteiger partial charge on any atom is -0.458 e. The van der Waals surface area contributed by atoms with Crippen molar-refractivity contribution in [3.63, 3.8) is 0 Å². The van der Waals surface area contributed by atoms with Crippen molar-refractivity contribution in [2.24, 2.45) is 37.9 Å². The summed E-state index contributed by atoms with van der Waals surface area (Å²) >= 11 is 0. The van der Waals surface area contributed by atoms with Crippen LogP contribution in [0, 0.1) is 37.9 Å². The van der Waals surface area contributed by atoms with Crippen molar-refractivity contribution < 1.29 is 9.53 Å². The molecule has 0 radical (unpaired) electrons. The van der Waals surface area contributed by atoms with E-state index in [-0.39, 0.29) is 53.3 Å². The van der Waals surface area contributed by atoms with Gasteiger partial charge in [0.2, 0.25) is 0 Å². The Kier molecular flexibility index (Phi) is 6.12. The van der Waals surface area contributed by atoms with E-state index in [1.54, 1.807) is 0 Å². The van der Waals surface area contributed by atoms with Gasteiger partial charge >= 0.3 is 5.97 Å². The summed E-state index contributed by atoms with van der Waals surface area (Å²) in [4.78, 5) is 13.2. The van der Waals surface area contributed by atoms with Gasteiger partial charge in [-0.3, -0.25) is 4.79 Å². The Bertz CT molecular complexity index is 637. The van der Waals surface area contributed by atoms with Crippen LogP contribution in [0.5, 0.6) is 0 Å². The van der Waals surface area contributed by atoms with Gasteiger partial charge in [-0.1, -0.05) is 91.0 Å². The number of rotatable bonds is 3. The summed E-state index contributed by atoms with van der Waals surface area (Å²) in [5.74, 6) is -0.0580. The number of fused-ring (bicyclic) bond motifs is 2. The van der Waals surface area contributed by atoms with Gasteiger partial charge in [0.25, 0.3) is 0 Å². The van der Waals surface area contributed by atoms with Crippen molar-refractivity contribution in [2.75, 3.05) is 0 Å². The van der Waals surface area contributed by atoms with Crippen LogP contribution in [0.15, 0.2) is 0 Å². The van der Waals surface area contributed by atoms with E-state index in [1.807, 2.05) is 13.8 Å².